The maximum atomic E-state index is 2.65. The van der Waals surface area contributed by atoms with Crippen LogP contribution in [0, 0.1) is 5.92 Å². The largest absolute Gasteiger partial charge is 0.300 e. The third-order valence-corrected chi connectivity index (χ3v) is 4.76. The van der Waals surface area contributed by atoms with Crippen molar-refractivity contribution in [2.24, 2.45) is 5.92 Å². The fraction of sp³-hybridized carbons (Fsp3) is 1.00. The summed E-state index contributed by atoms with van der Waals surface area (Å²) in [7, 11) is 2.34. The Morgan fingerprint density at radius 2 is 1.77 bits per heavy atom. The fourth-order valence-corrected chi connectivity index (χ4v) is 3.42. The van der Waals surface area contributed by atoms with Crippen molar-refractivity contribution < 1.29 is 0 Å². The van der Waals surface area contributed by atoms with Crippen LogP contribution in [0.3, 0.4) is 0 Å². The van der Waals surface area contributed by atoms with E-state index in [4.69, 9.17) is 0 Å². The summed E-state index contributed by atoms with van der Waals surface area (Å²) in [6.07, 6.45) is 5.79. The second-order valence-corrected chi connectivity index (χ2v) is 5.81. The molecule has 1 saturated heterocycles. The average Bonchev–Trinajstić information content (AvgIpc) is 3.00. The standard InChI is InChI=1S/C11H21NS/c1-9(10-3-4-10)12(2)11-5-7-13-8-6-11/h9-11H,3-8H2,1-2H3. The Bertz CT molecular complexity index is 161. The Labute approximate surface area is 86.3 Å². The van der Waals surface area contributed by atoms with Gasteiger partial charge in [0.2, 0.25) is 0 Å². The minimum absolute atomic E-state index is 0.841. The third kappa shape index (κ3) is 2.41. The minimum Gasteiger partial charge on any atom is -0.300 e. The number of hydrogen-bond donors (Lipinski definition) is 0. The van der Waals surface area contributed by atoms with Crippen LogP contribution in [-0.4, -0.2) is 35.5 Å². The molecule has 1 aliphatic carbocycles. The molecule has 2 fully saturated rings. The monoisotopic (exact) mass is 199 g/mol. The van der Waals surface area contributed by atoms with Crippen LogP contribution < -0.4 is 0 Å². The molecule has 1 aliphatic heterocycles. The zero-order valence-corrected chi connectivity index (χ0v) is 9.65. The molecular weight excluding hydrogens is 178 g/mol. The van der Waals surface area contributed by atoms with E-state index in [9.17, 15) is 0 Å². The summed E-state index contributed by atoms with van der Waals surface area (Å²) in [5, 5.41) is 0. The lowest BCUT2D eigenvalue weighted by molar-refractivity contribution is 0.158. The normalized spacial score (nSPS) is 27.9. The molecule has 0 aromatic carbocycles. The van der Waals surface area contributed by atoms with Crippen LogP contribution in [-0.2, 0) is 0 Å². The van der Waals surface area contributed by atoms with Crippen molar-refractivity contribution in [3.63, 3.8) is 0 Å². The topological polar surface area (TPSA) is 3.24 Å². The Morgan fingerprint density at radius 1 is 1.15 bits per heavy atom. The predicted octanol–water partition coefficient (Wildman–Crippen LogP) is 2.61. The van der Waals surface area contributed by atoms with E-state index in [0.29, 0.717) is 0 Å². The minimum atomic E-state index is 0.841. The number of rotatable bonds is 3. The molecule has 0 bridgehead atoms. The molecule has 0 spiro atoms. The van der Waals surface area contributed by atoms with E-state index >= 15 is 0 Å². The molecule has 0 aromatic rings. The van der Waals surface area contributed by atoms with Gasteiger partial charge in [0.25, 0.3) is 0 Å². The van der Waals surface area contributed by atoms with Gasteiger partial charge >= 0.3 is 0 Å². The maximum absolute atomic E-state index is 2.65. The molecule has 0 amide bonds. The fourth-order valence-electron chi connectivity index (χ4n) is 2.34. The molecule has 0 N–H and O–H groups in total. The van der Waals surface area contributed by atoms with Crippen LogP contribution in [0.25, 0.3) is 0 Å². The molecule has 13 heavy (non-hydrogen) atoms. The highest BCUT2D eigenvalue weighted by Crippen LogP contribution is 2.36. The van der Waals surface area contributed by atoms with Gasteiger partial charge in [-0.15, -0.1) is 0 Å². The molecule has 1 heterocycles. The van der Waals surface area contributed by atoms with E-state index in [1.54, 1.807) is 0 Å². The zero-order valence-electron chi connectivity index (χ0n) is 8.83. The molecule has 0 radical (unpaired) electrons. The van der Waals surface area contributed by atoms with Crippen LogP contribution in [0.2, 0.25) is 0 Å². The molecule has 76 valence electrons. The van der Waals surface area contributed by atoms with E-state index in [1.165, 1.54) is 37.2 Å². The smallest absolute Gasteiger partial charge is 0.0111 e. The lowest BCUT2D eigenvalue weighted by atomic mass is 10.1. The Hall–Kier alpha value is 0.310. The Morgan fingerprint density at radius 3 is 2.31 bits per heavy atom. The average molecular weight is 199 g/mol. The first-order valence-corrected chi connectivity index (χ1v) is 6.74. The van der Waals surface area contributed by atoms with Gasteiger partial charge in [-0.1, -0.05) is 0 Å². The third-order valence-electron chi connectivity index (χ3n) is 3.71. The van der Waals surface area contributed by atoms with Crippen molar-refractivity contribution in [2.45, 2.75) is 44.7 Å². The van der Waals surface area contributed by atoms with Gasteiger partial charge in [-0.2, -0.15) is 11.8 Å². The van der Waals surface area contributed by atoms with Crippen molar-refractivity contribution in [1.82, 2.24) is 4.90 Å². The lowest BCUT2D eigenvalue weighted by Crippen LogP contribution is -2.41. The molecule has 2 heteroatoms. The summed E-state index contributed by atoms with van der Waals surface area (Å²) < 4.78 is 0. The molecule has 1 atom stereocenters. The first kappa shape index (κ1) is 9.85. The SMILES string of the molecule is CC(C1CC1)N(C)C1CCSCC1. The summed E-state index contributed by atoms with van der Waals surface area (Å²) in [4.78, 5) is 2.65. The van der Waals surface area contributed by atoms with Gasteiger partial charge in [0.05, 0.1) is 0 Å². The van der Waals surface area contributed by atoms with E-state index in [2.05, 4.69) is 30.6 Å². The first-order chi connectivity index (χ1) is 6.29. The van der Waals surface area contributed by atoms with Crippen molar-refractivity contribution in [3.05, 3.63) is 0 Å². The Balaban J connectivity index is 1.82. The van der Waals surface area contributed by atoms with Gasteiger partial charge < -0.3 is 4.90 Å². The van der Waals surface area contributed by atoms with Crippen LogP contribution in [0.4, 0.5) is 0 Å². The number of hydrogen-bond acceptors (Lipinski definition) is 2. The van der Waals surface area contributed by atoms with Crippen molar-refractivity contribution in [3.8, 4) is 0 Å². The second-order valence-electron chi connectivity index (χ2n) is 4.59. The van der Waals surface area contributed by atoms with Gasteiger partial charge in [0.15, 0.2) is 0 Å². The zero-order chi connectivity index (χ0) is 9.26. The number of nitrogens with zero attached hydrogens (tertiary/aromatic N) is 1. The van der Waals surface area contributed by atoms with Crippen molar-refractivity contribution in [1.29, 1.82) is 0 Å². The van der Waals surface area contributed by atoms with Crippen molar-refractivity contribution >= 4 is 11.8 Å². The van der Waals surface area contributed by atoms with Gasteiger partial charge in [0.1, 0.15) is 0 Å². The molecule has 0 aromatic heterocycles. The predicted molar refractivity (Wildman–Crippen MR) is 60.3 cm³/mol. The van der Waals surface area contributed by atoms with E-state index < -0.39 is 0 Å². The summed E-state index contributed by atoms with van der Waals surface area (Å²) in [6, 6.07) is 1.73. The molecule has 1 unspecified atom stereocenters. The first-order valence-electron chi connectivity index (χ1n) is 5.58. The van der Waals surface area contributed by atoms with Gasteiger partial charge in [-0.3, -0.25) is 0 Å². The summed E-state index contributed by atoms with van der Waals surface area (Å²) in [5.74, 6) is 3.79. The van der Waals surface area contributed by atoms with Crippen LogP contribution >= 0.6 is 11.8 Å². The highest BCUT2D eigenvalue weighted by Gasteiger charge is 2.33. The summed E-state index contributed by atoms with van der Waals surface area (Å²) in [6.45, 7) is 2.42. The Kier molecular flexibility index (Phi) is 3.20. The van der Waals surface area contributed by atoms with Gasteiger partial charge in [0, 0.05) is 12.1 Å². The van der Waals surface area contributed by atoms with E-state index in [-0.39, 0.29) is 0 Å². The quantitative estimate of drug-likeness (QED) is 0.687. The molecule has 2 aliphatic rings. The summed E-state index contributed by atoms with van der Waals surface area (Å²) in [5.41, 5.74) is 0. The lowest BCUT2D eigenvalue weighted by Gasteiger charge is -2.35. The van der Waals surface area contributed by atoms with E-state index in [1.807, 2.05) is 0 Å². The summed E-state index contributed by atoms with van der Waals surface area (Å²) >= 11 is 2.13. The molecular formula is C11H21NS. The van der Waals surface area contributed by atoms with Gasteiger partial charge in [-0.25, -0.2) is 0 Å². The second kappa shape index (κ2) is 4.22. The maximum Gasteiger partial charge on any atom is 0.0111 e. The van der Waals surface area contributed by atoms with Crippen molar-refractivity contribution in [2.75, 3.05) is 18.6 Å². The van der Waals surface area contributed by atoms with Crippen LogP contribution in [0.15, 0.2) is 0 Å². The van der Waals surface area contributed by atoms with Gasteiger partial charge in [-0.05, 0) is 57.1 Å². The van der Waals surface area contributed by atoms with Crippen LogP contribution in [0.5, 0.6) is 0 Å². The molecule has 1 saturated carbocycles. The molecule has 2 rings (SSSR count). The highest BCUT2D eigenvalue weighted by atomic mass is 32.2. The van der Waals surface area contributed by atoms with E-state index in [0.717, 1.165) is 18.0 Å². The molecule has 1 nitrogen and oxygen atoms in total. The van der Waals surface area contributed by atoms with Crippen LogP contribution in [0.1, 0.15) is 32.6 Å². The highest BCUT2D eigenvalue weighted by molar-refractivity contribution is 7.99. The number of thioether (sulfide) groups is 1.